The van der Waals surface area contributed by atoms with E-state index in [0.717, 1.165) is 17.7 Å². The molecule has 0 fully saturated rings. The zero-order valence-corrected chi connectivity index (χ0v) is 13.4. The van der Waals surface area contributed by atoms with Crippen molar-refractivity contribution in [3.05, 3.63) is 58.9 Å². The van der Waals surface area contributed by atoms with E-state index >= 15 is 0 Å². The zero-order chi connectivity index (χ0) is 16.2. The quantitative estimate of drug-likeness (QED) is 0.820. The van der Waals surface area contributed by atoms with Gasteiger partial charge in [-0.3, -0.25) is 0 Å². The van der Waals surface area contributed by atoms with E-state index < -0.39 is 20.7 Å². The van der Waals surface area contributed by atoms with Crippen molar-refractivity contribution in [2.24, 2.45) is 0 Å². The van der Waals surface area contributed by atoms with E-state index in [2.05, 4.69) is 4.72 Å². The van der Waals surface area contributed by atoms with Gasteiger partial charge in [-0.05, 0) is 37.3 Å². The highest BCUT2D eigenvalue weighted by Crippen LogP contribution is 2.18. The maximum absolute atomic E-state index is 13.6. The first-order valence-corrected chi connectivity index (χ1v) is 8.39. The normalized spacial score (nSPS) is 11.4. The smallest absolute Gasteiger partial charge is 0.243 e. The van der Waals surface area contributed by atoms with Crippen molar-refractivity contribution in [1.29, 1.82) is 0 Å². The van der Waals surface area contributed by atoms with Crippen molar-refractivity contribution >= 4 is 21.6 Å². The molecule has 4 nitrogen and oxygen atoms in total. The number of halogens is 2. The Balaban J connectivity index is 1.91. The number of nitrogens with one attached hydrogen (secondary N) is 1. The van der Waals surface area contributed by atoms with Gasteiger partial charge in [-0.25, -0.2) is 17.5 Å². The molecule has 2 aromatic rings. The molecule has 0 aliphatic heterocycles. The summed E-state index contributed by atoms with van der Waals surface area (Å²) in [5, 5.41) is 0.138. The molecule has 0 heterocycles. The summed E-state index contributed by atoms with van der Waals surface area (Å²) in [5.74, 6) is -0.248. The molecule has 0 spiro atoms. The van der Waals surface area contributed by atoms with Crippen molar-refractivity contribution < 1.29 is 17.5 Å². The van der Waals surface area contributed by atoms with Gasteiger partial charge >= 0.3 is 0 Å². The topological polar surface area (TPSA) is 55.4 Å². The molecule has 1 N–H and O–H groups in total. The number of sulfonamides is 1. The number of ether oxygens (including phenoxy) is 1. The van der Waals surface area contributed by atoms with Gasteiger partial charge < -0.3 is 4.74 Å². The molecule has 0 aliphatic carbocycles. The zero-order valence-electron chi connectivity index (χ0n) is 11.8. The van der Waals surface area contributed by atoms with E-state index in [-0.39, 0.29) is 18.2 Å². The third kappa shape index (κ3) is 4.43. The van der Waals surface area contributed by atoms with Gasteiger partial charge in [-0.1, -0.05) is 29.3 Å². The van der Waals surface area contributed by atoms with E-state index in [1.165, 1.54) is 6.07 Å². The van der Waals surface area contributed by atoms with Crippen LogP contribution in [-0.4, -0.2) is 21.6 Å². The van der Waals surface area contributed by atoms with Crippen molar-refractivity contribution in [2.45, 2.75) is 11.8 Å². The summed E-state index contributed by atoms with van der Waals surface area (Å²) in [6.07, 6.45) is 0. The maximum atomic E-state index is 13.6. The van der Waals surface area contributed by atoms with Gasteiger partial charge in [0.15, 0.2) is 0 Å². The molecule has 0 unspecified atom stereocenters. The second kappa shape index (κ2) is 7.09. The summed E-state index contributed by atoms with van der Waals surface area (Å²) < 4.78 is 45.2. The first kappa shape index (κ1) is 16.7. The molecule has 0 saturated carbocycles. The molecule has 0 aliphatic rings. The monoisotopic (exact) mass is 343 g/mol. The summed E-state index contributed by atoms with van der Waals surface area (Å²) >= 11 is 5.60. The van der Waals surface area contributed by atoms with E-state index in [1.807, 2.05) is 19.1 Å². The molecule has 0 radical (unpaired) electrons. The lowest BCUT2D eigenvalue weighted by molar-refractivity contribution is 0.322. The van der Waals surface area contributed by atoms with Crippen molar-refractivity contribution in [1.82, 2.24) is 4.72 Å². The third-order valence-corrected chi connectivity index (χ3v) is 4.60. The fourth-order valence-electron chi connectivity index (χ4n) is 1.75. The molecule has 0 aromatic heterocycles. The summed E-state index contributed by atoms with van der Waals surface area (Å²) in [4.78, 5) is -0.438. The van der Waals surface area contributed by atoms with Gasteiger partial charge in [0.2, 0.25) is 10.0 Å². The van der Waals surface area contributed by atoms with Crippen molar-refractivity contribution in [2.75, 3.05) is 13.2 Å². The summed E-state index contributed by atoms with van der Waals surface area (Å²) in [6.45, 7) is 2.12. The van der Waals surface area contributed by atoms with Crippen LogP contribution in [0.4, 0.5) is 4.39 Å². The largest absolute Gasteiger partial charge is 0.492 e. The number of aryl methyl sites for hydroxylation is 1. The molecule has 0 atom stereocenters. The van der Waals surface area contributed by atoms with Gasteiger partial charge in [-0.2, -0.15) is 0 Å². The Morgan fingerprint density at radius 3 is 2.50 bits per heavy atom. The van der Waals surface area contributed by atoms with Gasteiger partial charge in [0, 0.05) is 11.6 Å². The number of rotatable bonds is 6. The minimum absolute atomic E-state index is 0.0261. The second-order valence-electron chi connectivity index (χ2n) is 4.63. The minimum atomic E-state index is -3.93. The lowest BCUT2D eigenvalue weighted by Gasteiger charge is -2.09. The Morgan fingerprint density at radius 2 is 1.86 bits per heavy atom. The van der Waals surface area contributed by atoms with Crippen LogP contribution in [0.25, 0.3) is 0 Å². The Labute approximate surface area is 133 Å². The van der Waals surface area contributed by atoms with Crippen LogP contribution in [0.3, 0.4) is 0 Å². The van der Waals surface area contributed by atoms with Crippen molar-refractivity contribution in [3.8, 4) is 5.75 Å². The number of hydrogen-bond donors (Lipinski definition) is 1. The third-order valence-electron chi connectivity index (χ3n) is 2.87. The van der Waals surface area contributed by atoms with Gasteiger partial charge in [0.25, 0.3) is 0 Å². The molecule has 2 rings (SSSR count). The van der Waals surface area contributed by atoms with Gasteiger partial charge in [0.05, 0.1) is 0 Å². The Kier molecular flexibility index (Phi) is 5.39. The molecule has 0 bridgehead atoms. The lowest BCUT2D eigenvalue weighted by atomic mass is 10.2. The average molecular weight is 344 g/mol. The standard InChI is InChI=1S/C15H15ClFNO3S/c1-11-2-5-13(6-3-11)21-9-8-18-22(19,20)15-7-4-12(16)10-14(15)17/h2-7,10,18H,8-9H2,1H3. The molecule has 0 amide bonds. The molecule has 2 aromatic carbocycles. The van der Waals surface area contributed by atoms with Crippen LogP contribution in [0.5, 0.6) is 5.75 Å². The van der Waals surface area contributed by atoms with E-state index in [0.29, 0.717) is 5.75 Å². The number of benzene rings is 2. The van der Waals surface area contributed by atoms with Crippen LogP contribution in [0.2, 0.25) is 5.02 Å². The SMILES string of the molecule is Cc1ccc(OCCNS(=O)(=O)c2ccc(Cl)cc2F)cc1. The Bertz CT molecular complexity index is 748. The Morgan fingerprint density at radius 1 is 1.18 bits per heavy atom. The van der Waals surface area contributed by atoms with Crippen molar-refractivity contribution in [3.63, 3.8) is 0 Å². The fraction of sp³-hybridized carbons (Fsp3) is 0.200. The average Bonchev–Trinajstić information content (AvgIpc) is 2.45. The molecule has 0 saturated heterocycles. The predicted molar refractivity (Wildman–Crippen MR) is 83.3 cm³/mol. The highest BCUT2D eigenvalue weighted by atomic mass is 35.5. The molecule has 7 heteroatoms. The molecular weight excluding hydrogens is 329 g/mol. The Hall–Kier alpha value is -1.63. The highest BCUT2D eigenvalue weighted by Gasteiger charge is 2.18. The highest BCUT2D eigenvalue weighted by molar-refractivity contribution is 7.89. The number of hydrogen-bond acceptors (Lipinski definition) is 3. The summed E-state index contributed by atoms with van der Waals surface area (Å²) in [6, 6.07) is 10.8. The van der Waals surface area contributed by atoms with Gasteiger partial charge in [-0.15, -0.1) is 0 Å². The van der Waals surface area contributed by atoms with Crippen LogP contribution >= 0.6 is 11.6 Å². The minimum Gasteiger partial charge on any atom is -0.492 e. The fourth-order valence-corrected chi connectivity index (χ4v) is 2.98. The first-order chi connectivity index (χ1) is 10.4. The van der Waals surface area contributed by atoms with Gasteiger partial charge in [0.1, 0.15) is 23.1 Å². The van der Waals surface area contributed by atoms with Crippen LogP contribution in [-0.2, 0) is 10.0 Å². The summed E-state index contributed by atoms with van der Waals surface area (Å²) in [7, 11) is -3.93. The first-order valence-electron chi connectivity index (χ1n) is 6.53. The van der Waals surface area contributed by atoms with E-state index in [9.17, 15) is 12.8 Å². The van der Waals surface area contributed by atoms with Crippen LogP contribution < -0.4 is 9.46 Å². The molecule has 118 valence electrons. The van der Waals surface area contributed by atoms with E-state index in [1.54, 1.807) is 12.1 Å². The second-order valence-corrected chi connectivity index (χ2v) is 6.81. The van der Waals surface area contributed by atoms with E-state index in [4.69, 9.17) is 16.3 Å². The van der Waals surface area contributed by atoms with Crippen LogP contribution in [0.15, 0.2) is 47.4 Å². The van der Waals surface area contributed by atoms with Crippen LogP contribution in [0.1, 0.15) is 5.56 Å². The van der Waals surface area contributed by atoms with Crippen LogP contribution in [0, 0.1) is 12.7 Å². The molecule has 22 heavy (non-hydrogen) atoms. The molecular formula is C15H15ClFNO3S. The maximum Gasteiger partial charge on any atom is 0.243 e. The predicted octanol–water partition coefficient (Wildman–Crippen LogP) is 3.14. The summed E-state index contributed by atoms with van der Waals surface area (Å²) in [5.41, 5.74) is 1.10. The lowest BCUT2D eigenvalue weighted by Crippen LogP contribution is -2.29.